The van der Waals surface area contributed by atoms with Crippen LogP contribution in [0, 0.1) is 0 Å². The fourth-order valence-electron chi connectivity index (χ4n) is 2.07. The van der Waals surface area contributed by atoms with Crippen LogP contribution < -0.4 is 10.2 Å². The summed E-state index contributed by atoms with van der Waals surface area (Å²) < 4.78 is 4.99. The molecule has 0 atom stereocenters. The molecule has 0 heterocycles. The number of rotatable bonds is 5. The summed E-state index contributed by atoms with van der Waals surface area (Å²) in [4.78, 5) is 12.1. The van der Waals surface area contributed by atoms with Gasteiger partial charge in [-0.1, -0.05) is 31.2 Å². The molecule has 0 aromatic heterocycles. The second-order valence-electron chi connectivity index (χ2n) is 5.07. The van der Waals surface area contributed by atoms with E-state index >= 15 is 0 Å². The van der Waals surface area contributed by atoms with Crippen LogP contribution in [0.2, 0.25) is 0 Å². The average Bonchev–Trinajstić information content (AvgIpc) is 2.59. The number of nitrogens with one attached hydrogen (secondary N) is 1. The zero-order valence-corrected chi connectivity index (χ0v) is 13.5. The van der Waals surface area contributed by atoms with E-state index in [-0.39, 0.29) is 11.3 Å². The fourth-order valence-corrected chi connectivity index (χ4v) is 2.07. The molecule has 2 aromatic carbocycles. The predicted octanol–water partition coefficient (Wildman–Crippen LogP) is 3.12. The molecule has 0 bridgehead atoms. The monoisotopic (exact) mass is 312 g/mol. The SMILES string of the molecule is CCc1ccc(/C(C)=N\NC(=O)c2ccc(OC)cc2O)cc1. The highest BCUT2D eigenvalue weighted by atomic mass is 16.5. The Morgan fingerprint density at radius 2 is 1.91 bits per heavy atom. The molecule has 0 radical (unpaired) electrons. The van der Waals surface area contributed by atoms with Gasteiger partial charge < -0.3 is 9.84 Å². The highest BCUT2D eigenvalue weighted by molar-refractivity contribution is 6.01. The highest BCUT2D eigenvalue weighted by Crippen LogP contribution is 2.23. The number of benzene rings is 2. The van der Waals surface area contributed by atoms with Gasteiger partial charge in [-0.15, -0.1) is 0 Å². The molecule has 2 rings (SSSR count). The third-order valence-electron chi connectivity index (χ3n) is 3.55. The number of carbonyl (C=O) groups excluding carboxylic acids is 1. The molecule has 0 saturated heterocycles. The van der Waals surface area contributed by atoms with Gasteiger partial charge in [0.15, 0.2) is 0 Å². The van der Waals surface area contributed by atoms with Crippen molar-refractivity contribution in [3.63, 3.8) is 0 Å². The third-order valence-corrected chi connectivity index (χ3v) is 3.55. The van der Waals surface area contributed by atoms with Gasteiger partial charge in [-0.3, -0.25) is 4.79 Å². The Balaban J connectivity index is 2.10. The van der Waals surface area contributed by atoms with Crippen LogP contribution in [0.3, 0.4) is 0 Å². The lowest BCUT2D eigenvalue weighted by atomic mass is 10.1. The van der Waals surface area contributed by atoms with Crippen molar-refractivity contribution < 1.29 is 14.6 Å². The van der Waals surface area contributed by atoms with Crippen molar-refractivity contribution in [2.75, 3.05) is 7.11 Å². The van der Waals surface area contributed by atoms with Crippen molar-refractivity contribution in [1.82, 2.24) is 5.43 Å². The topological polar surface area (TPSA) is 70.9 Å². The summed E-state index contributed by atoms with van der Waals surface area (Å²) in [6, 6.07) is 12.5. The first-order valence-corrected chi connectivity index (χ1v) is 7.36. The molecular formula is C18H20N2O3. The number of hydrogen-bond donors (Lipinski definition) is 2. The average molecular weight is 312 g/mol. The molecule has 0 saturated carbocycles. The minimum Gasteiger partial charge on any atom is -0.507 e. The quantitative estimate of drug-likeness (QED) is 0.658. The molecule has 5 nitrogen and oxygen atoms in total. The van der Waals surface area contributed by atoms with Gasteiger partial charge in [0.05, 0.1) is 18.4 Å². The Morgan fingerprint density at radius 1 is 1.22 bits per heavy atom. The summed E-state index contributed by atoms with van der Waals surface area (Å²) in [5, 5.41) is 13.9. The molecule has 0 aliphatic carbocycles. The normalized spacial score (nSPS) is 11.2. The number of aromatic hydroxyl groups is 1. The Hall–Kier alpha value is -2.82. The number of nitrogens with zero attached hydrogens (tertiary/aromatic N) is 1. The Morgan fingerprint density at radius 3 is 2.48 bits per heavy atom. The number of carbonyl (C=O) groups is 1. The first-order valence-electron chi connectivity index (χ1n) is 7.36. The van der Waals surface area contributed by atoms with Gasteiger partial charge in [-0.2, -0.15) is 5.10 Å². The Bertz CT molecular complexity index is 722. The molecule has 0 unspecified atom stereocenters. The molecule has 2 N–H and O–H groups in total. The van der Waals surface area contributed by atoms with E-state index in [2.05, 4.69) is 17.5 Å². The predicted molar refractivity (Wildman–Crippen MR) is 90.2 cm³/mol. The minimum atomic E-state index is -0.477. The van der Waals surface area contributed by atoms with Gasteiger partial charge in [-0.25, -0.2) is 5.43 Å². The van der Waals surface area contributed by atoms with Gasteiger partial charge in [0.25, 0.3) is 5.91 Å². The van der Waals surface area contributed by atoms with Crippen molar-refractivity contribution >= 4 is 11.6 Å². The second kappa shape index (κ2) is 7.45. The zero-order valence-electron chi connectivity index (χ0n) is 13.5. The van der Waals surface area contributed by atoms with E-state index in [0.29, 0.717) is 11.5 Å². The van der Waals surface area contributed by atoms with Gasteiger partial charge in [0, 0.05) is 6.07 Å². The summed E-state index contributed by atoms with van der Waals surface area (Å²) in [5.74, 6) is -0.147. The van der Waals surface area contributed by atoms with Crippen molar-refractivity contribution in [2.45, 2.75) is 20.3 Å². The molecule has 0 aliphatic rings. The van der Waals surface area contributed by atoms with Crippen molar-refractivity contribution in [3.8, 4) is 11.5 Å². The van der Waals surface area contributed by atoms with Crippen LogP contribution in [0.25, 0.3) is 0 Å². The standard InChI is InChI=1S/C18H20N2O3/c1-4-13-5-7-14(8-6-13)12(2)19-20-18(22)16-10-9-15(23-3)11-17(16)21/h5-11,21H,4H2,1-3H3,(H,20,22)/b19-12-. The fraction of sp³-hybridized carbons (Fsp3) is 0.222. The van der Waals surface area contributed by atoms with Gasteiger partial charge in [0.2, 0.25) is 0 Å². The Labute approximate surface area is 135 Å². The molecule has 120 valence electrons. The number of aryl methyl sites for hydroxylation is 1. The number of methoxy groups -OCH3 is 1. The highest BCUT2D eigenvalue weighted by Gasteiger charge is 2.11. The largest absolute Gasteiger partial charge is 0.507 e. The number of hydrazone groups is 1. The van der Waals surface area contributed by atoms with Crippen molar-refractivity contribution in [1.29, 1.82) is 0 Å². The van der Waals surface area contributed by atoms with Gasteiger partial charge >= 0.3 is 0 Å². The maximum atomic E-state index is 12.1. The number of hydrogen-bond acceptors (Lipinski definition) is 4. The van der Waals surface area contributed by atoms with Crippen LogP contribution in [0.5, 0.6) is 11.5 Å². The lowest BCUT2D eigenvalue weighted by molar-refractivity contribution is 0.0952. The van der Waals surface area contributed by atoms with Crippen LogP contribution in [0.1, 0.15) is 35.3 Å². The first-order chi connectivity index (χ1) is 11.0. The second-order valence-corrected chi connectivity index (χ2v) is 5.07. The summed E-state index contributed by atoms with van der Waals surface area (Å²) in [7, 11) is 1.49. The summed E-state index contributed by atoms with van der Waals surface area (Å²) in [6.45, 7) is 3.91. The van der Waals surface area contributed by atoms with Crippen LogP contribution in [-0.2, 0) is 6.42 Å². The molecule has 2 aromatic rings. The van der Waals surface area contributed by atoms with Gasteiger partial charge in [-0.05, 0) is 36.6 Å². The maximum Gasteiger partial charge on any atom is 0.275 e. The number of phenolic OH excluding ortho intramolecular Hbond substituents is 1. The van der Waals surface area contributed by atoms with E-state index in [9.17, 15) is 9.90 Å². The Kier molecular flexibility index (Phi) is 5.36. The lowest BCUT2D eigenvalue weighted by Gasteiger charge is -2.07. The van der Waals surface area contributed by atoms with E-state index < -0.39 is 5.91 Å². The number of phenols is 1. The minimum absolute atomic E-state index is 0.142. The van der Waals surface area contributed by atoms with E-state index in [1.54, 1.807) is 6.07 Å². The van der Waals surface area contributed by atoms with E-state index in [0.717, 1.165) is 12.0 Å². The lowest BCUT2D eigenvalue weighted by Crippen LogP contribution is -2.19. The van der Waals surface area contributed by atoms with Crippen molar-refractivity contribution in [3.05, 3.63) is 59.2 Å². The molecule has 23 heavy (non-hydrogen) atoms. The third kappa shape index (κ3) is 4.10. The first kappa shape index (κ1) is 16.5. The van der Waals surface area contributed by atoms with Crippen LogP contribution in [-0.4, -0.2) is 23.8 Å². The molecule has 5 heteroatoms. The molecule has 0 spiro atoms. The smallest absolute Gasteiger partial charge is 0.275 e. The molecule has 0 fully saturated rings. The number of amides is 1. The number of ether oxygens (including phenoxy) is 1. The van der Waals surface area contributed by atoms with E-state index in [4.69, 9.17) is 4.74 Å². The molecule has 1 amide bonds. The van der Waals surface area contributed by atoms with Crippen LogP contribution in [0.15, 0.2) is 47.6 Å². The maximum absolute atomic E-state index is 12.1. The van der Waals surface area contributed by atoms with Crippen LogP contribution >= 0.6 is 0 Å². The van der Waals surface area contributed by atoms with Crippen molar-refractivity contribution in [2.24, 2.45) is 5.10 Å². The van der Waals surface area contributed by atoms with Gasteiger partial charge in [0.1, 0.15) is 11.5 Å². The zero-order chi connectivity index (χ0) is 16.8. The summed E-state index contributed by atoms with van der Waals surface area (Å²) in [6.07, 6.45) is 0.976. The van der Waals surface area contributed by atoms with E-state index in [1.165, 1.54) is 24.8 Å². The van der Waals surface area contributed by atoms with E-state index in [1.807, 2.05) is 31.2 Å². The summed E-state index contributed by atoms with van der Waals surface area (Å²) >= 11 is 0. The summed E-state index contributed by atoms with van der Waals surface area (Å²) in [5.41, 5.74) is 5.46. The molecule has 0 aliphatic heterocycles. The van der Waals surface area contributed by atoms with Crippen LogP contribution in [0.4, 0.5) is 0 Å². The molecular weight excluding hydrogens is 292 g/mol.